The van der Waals surface area contributed by atoms with Crippen molar-refractivity contribution >= 4 is 5.97 Å². The zero-order valence-corrected chi connectivity index (χ0v) is 12.8. The van der Waals surface area contributed by atoms with Gasteiger partial charge in [-0.1, -0.05) is 12.1 Å². The fourth-order valence-corrected chi connectivity index (χ4v) is 5.03. The number of halogens is 1. The van der Waals surface area contributed by atoms with Crippen LogP contribution in [0.4, 0.5) is 4.39 Å². The Morgan fingerprint density at radius 1 is 1.18 bits per heavy atom. The zero-order valence-electron chi connectivity index (χ0n) is 12.8. The third kappa shape index (κ3) is 2.24. The van der Waals surface area contributed by atoms with Gasteiger partial charge in [-0.2, -0.15) is 0 Å². The lowest BCUT2D eigenvalue weighted by molar-refractivity contribution is -0.154. The van der Waals surface area contributed by atoms with Crippen LogP contribution in [0, 0.1) is 35.4 Å². The number of nitrogens with one attached hydrogen (secondary N) is 1. The number of hydrogen-bond acceptors (Lipinski definition) is 3. The molecular formula is C18H22FNO2. The van der Waals surface area contributed by atoms with Crippen LogP contribution in [0.15, 0.2) is 24.3 Å². The number of rotatable bonds is 4. The lowest BCUT2D eigenvalue weighted by Crippen LogP contribution is -2.55. The van der Waals surface area contributed by atoms with Crippen molar-refractivity contribution < 1.29 is 13.9 Å². The zero-order chi connectivity index (χ0) is 15.3. The molecule has 1 N–H and O–H groups in total. The van der Waals surface area contributed by atoms with Gasteiger partial charge in [0, 0.05) is 12.6 Å². The molecule has 0 heterocycles. The van der Waals surface area contributed by atoms with Crippen molar-refractivity contribution in [3.8, 4) is 0 Å². The third-order valence-corrected chi connectivity index (χ3v) is 6.06. The minimum absolute atomic E-state index is 0.00653. The number of fused-ring (bicyclic) bond motifs is 2. The predicted molar refractivity (Wildman–Crippen MR) is 80.3 cm³/mol. The molecule has 1 aromatic rings. The molecular weight excluding hydrogens is 281 g/mol. The van der Waals surface area contributed by atoms with Gasteiger partial charge in [-0.3, -0.25) is 4.79 Å². The summed E-state index contributed by atoms with van der Waals surface area (Å²) in [6, 6.07) is 6.78. The molecule has 1 aromatic carbocycles. The average Bonchev–Trinajstić information content (AvgIpc) is 3.35. The summed E-state index contributed by atoms with van der Waals surface area (Å²) in [4.78, 5) is 12.3. The van der Waals surface area contributed by atoms with Crippen molar-refractivity contribution in [1.29, 1.82) is 0 Å². The van der Waals surface area contributed by atoms with Crippen LogP contribution in [-0.4, -0.2) is 19.1 Å². The molecule has 4 aliphatic carbocycles. The van der Waals surface area contributed by atoms with Gasteiger partial charge in [-0.15, -0.1) is 0 Å². The smallest absolute Gasteiger partial charge is 0.310 e. The molecule has 0 radical (unpaired) electrons. The molecule has 4 heteroatoms. The minimum atomic E-state index is -0.214. The molecule has 4 aliphatic rings. The van der Waals surface area contributed by atoms with Crippen molar-refractivity contribution in [2.24, 2.45) is 29.6 Å². The van der Waals surface area contributed by atoms with Gasteiger partial charge < -0.3 is 10.1 Å². The normalized spacial score (nSPS) is 38.5. The lowest BCUT2D eigenvalue weighted by atomic mass is 9.61. The fourth-order valence-electron chi connectivity index (χ4n) is 5.03. The van der Waals surface area contributed by atoms with E-state index in [1.54, 1.807) is 12.1 Å². The molecule has 5 rings (SSSR count). The van der Waals surface area contributed by atoms with Crippen molar-refractivity contribution in [3.63, 3.8) is 0 Å². The molecule has 6 atom stereocenters. The van der Waals surface area contributed by atoms with Gasteiger partial charge >= 0.3 is 5.97 Å². The Balaban J connectivity index is 1.50. The first kappa shape index (κ1) is 14.2. The Labute approximate surface area is 130 Å². The van der Waals surface area contributed by atoms with Crippen LogP contribution in [0.3, 0.4) is 0 Å². The van der Waals surface area contributed by atoms with Crippen LogP contribution in [-0.2, 0) is 16.1 Å². The first-order chi connectivity index (χ1) is 10.7. The largest absolute Gasteiger partial charge is 0.469 e. The summed E-state index contributed by atoms with van der Waals surface area (Å²) in [5.74, 6) is 2.38. The Morgan fingerprint density at radius 2 is 1.86 bits per heavy atom. The van der Waals surface area contributed by atoms with Gasteiger partial charge in [-0.05, 0) is 60.6 Å². The second-order valence-electron chi connectivity index (χ2n) is 7.05. The van der Waals surface area contributed by atoms with E-state index in [0.29, 0.717) is 18.4 Å². The first-order valence-corrected chi connectivity index (χ1v) is 8.24. The summed E-state index contributed by atoms with van der Waals surface area (Å²) in [5, 5.41) is 3.59. The molecule has 0 amide bonds. The van der Waals surface area contributed by atoms with Crippen molar-refractivity contribution in [3.05, 3.63) is 35.6 Å². The number of carbonyl (C=O) groups excluding carboxylic acids is 1. The van der Waals surface area contributed by atoms with E-state index < -0.39 is 0 Å². The van der Waals surface area contributed by atoms with Crippen LogP contribution >= 0.6 is 0 Å². The first-order valence-electron chi connectivity index (χ1n) is 8.24. The second kappa shape index (κ2) is 5.34. The van der Waals surface area contributed by atoms with E-state index in [0.717, 1.165) is 17.4 Å². The topological polar surface area (TPSA) is 38.3 Å². The van der Waals surface area contributed by atoms with E-state index in [9.17, 15) is 9.18 Å². The van der Waals surface area contributed by atoms with Crippen LogP contribution < -0.4 is 5.32 Å². The monoisotopic (exact) mass is 303 g/mol. The van der Waals surface area contributed by atoms with E-state index in [2.05, 4.69) is 5.32 Å². The SMILES string of the molecule is COC(=O)[C@@H]1[C@H]2CC[C@H]([C@@H]3C[C@@H]32)[C@@H]1NCc1ccc(F)cc1. The molecule has 118 valence electrons. The molecule has 2 bridgehead atoms. The summed E-state index contributed by atoms with van der Waals surface area (Å²) in [7, 11) is 1.49. The summed E-state index contributed by atoms with van der Waals surface area (Å²) >= 11 is 0. The van der Waals surface area contributed by atoms with Gasteiger partial charge in [0.2, 0.25) is 0 Å². The number of hydrogen-bond donors (Lipinski definition) is 1. The highest BCUT2D eigenvalue weighted by Crippen LogP contribution is 2.64. The van der Waals surface area contributed by atoms with Crippen LogP contribution in [0.25, 0.3) is 0 Å². The molecule has 0 aliphatic heterocycles. The summed E-state index contributed by atoms with van der Waals surface area (Å²) in [5.41, 5.74) is 1.05. The van der Waals surface area contributed by atoms with Crippen molar-refractivity contribution in [2.45, 2.75) is 31.8 Å². The maximum atomic E-state index is 13.0. The van der Waals surface area contributed by atoms with Gasteiger partial charge in [0.15, 0.2) is 0 Å². The number of benzene rings is 1. The Hall–Kier alpha value is -1.42. The quantitative estimate of drug-likeness (QED) is 0.869. The highest BCUT2D eigenvalue weighted by molar-refractivity contribution is 5.74. The number of carbonyl (C=O) groups is 1. The lowest BCUT2D eigenvalue weighted by Gasteiger charge is -2.47. The summed E-state index contributed by atoms with van der Waals surface area (Å²) in [6.07, 6.45) is 3.68. The molecule has 0 spiro atoms. The molecule has 0 aromatic heterocycles. The minimum Gasteiger partial charge on any atom is -0.469 e. The Bertz CT molecular complexity index is 573. The van der Waals surface area contributed by atoms with Gasteiger partial charge in [0.1, 0.15) is 5.82 Å². The van der Waals surface area contributed by atoms with E-state index in [1.807, 2.05) is 0 Å². The van der Waals surface area contributed by atoms with E-state index in [4.69, 9.17) is 4.74 Å². The molecule has 3 nitrogen and oxygen atoms in total. The van der Waals surface area contributed by atoms with Gasteiger partial charge in [0.05, 0.1) is 13.0 Å². The second-order valence-corrected chi connectivity index (χ2v) is 7.05. The van der Waals surface area contributed by atoms with E-state index in [1.165, 1.54) is 38.5 Å². The average molecular weight is 303 g/mol. The molecule has 0 unspecified atom stereocenters. The third-order valence-electron chi connectivity index (χ3n) is 6.06. The highest BCUT2D eigenvalue weighted by atomic mass is 19.1. The number of ether oxygens (including phenoxy) is 1. The van der Waals surface area contributed by atoms with Gasteiger partial charge in [0.25, 0.3) is 0 Å². The van der Waals surface area contributed by atoms with Crippen LogP contribution in [0.5, 0.6) is 0 Å². The highest BCUT2D eigenvalue weighted by Gasteiger charge is 2.63. The van der Waals surface area contributed by atoms with Crippen LogP contribution in [0.2, 0.25) is 0 Å². The molecule has 0 saturated heterocycles. The van der Waals surface area contributed by atoms with E-state index in [-0.39, 0.29) is 23.7 Å². The van der Waals surface area contributed by atoms with Crippen molar-refractivity contribution in [2.75, 3.05) is 7.11 Å². The van der Waals surface area contributed by atoms with Crippen LogP contribution in [0.1, 0.15) is 24.8 Å². The van der Waals surface area contributed by atoms with E-state index >= 15 is 0 Å². The standard InChI is InChI=1S/C18H22FNO2/c1-22-18(21)16-12-6-7-13(15-8-14(12)15)17(16)20-9-10-2-4-11(19)5-3-10/h2-5,12-17,20H,6-9H2,1H3/t12-,13+,14+,15-,16+,17-/m0/s1. The Kier molecular flexibility index (Phi) is 3.44. The fraction of sp³-hybridized carbons (Fsp3) is 0.611. The molecule has 4 saturated carbocycles. The Morgan fingerprint density at radius 3 is 2.59 bits per heavy atom. The van der Waals surface area contributed by atoms with Crippen molar-refractivity contribution in [1.82, 2.24) is 5.32 Å². The molecule has 4 fully saturated rings. The summed E-state index contributed by atoms with van der Waals surface area (Å²) in [6.45, 7) is 0.680. The summed E-state index contributed by atoms with van der Waals surface area (Å²) < 4.78 is 18.1. The number of methoxy groups -OCH3 is 1. The predicted octanol–water partition coefficient (Wildman–Crippen LogP) is 2.75. The number of esters is 1. The molecule has 22 heavy (non-hydrogen) atoms. The maximum Gasteiger partial charge on any atom is 0.310 e. The van der Waals surface area contributed by atoms with Gasteiger partial charge in [-0.25, -0.2) is 4.39 Å². The maximum absolute atomic E-state index is 13.0.